The summed E-state index contributed by atoms with van der Waals surface area (Å²) in [5, 5.41) is 3.23. The SMILES string of the molecule is C=CC(=O)OC1CCC(NC)CC1. The fourth-order valence-corrected chi connectivity index (χ4v) is 1.68. The lowest BCUT2D eigenvalue weighted by Gasteiger charge is -2.27. The molecule has 0 heterocycles. The Kier molecular flexibility index (Phi) is 3.96. The molecule has 1 saturated carbocycles. The highest BCUT2D eigenvalue weighted by Gasteiger charge is 2.21. The van der Waals surface area contributed by atoms with Gasteiger partial charge in [-0.25, -0.2) is 4.79 Å². The van der Waals surface area contributed by atoms with Crippen molar-refractivity contribution >= 4 is 5.97 Å². The summed E-state index contributed by atoms with van der Waals surface area (Å²) < 4.78 is 5.15. The number of ether oxygens (including phenoxy) is 1. The van der Waals surface area contributed by atoms with Crippen molar-refractivity contribution in [1.29, 1.82) is 0 Å². The van der Waals surface area contributed by atoms with E-state index in [1.807, 2.05) is 7.05 Å². The van der Waals surface area contributed by atoms with Crippen LogP contribution in [0.15, 0.2) is 12.7 Å². The predicted octanol–water partition coefficient (Wildman–Crippen LogP) is 1.25. The Morgan fingerprint density at radius 1 is 1.46 bits per heavy atom. The molecule has 1 N–H and O–H groups in total. The summed E-state index contributed by atoms with van der Waals surface area (Å²) in [6.07, 6.45) is 5.44. The van der Waals surface area contributed by atoms with Crippen molar-refractivity contribution in [2.45, 2.75) is 37.8 Å². The normalized spacial score (nSPS) is 28.1. The minimum atomic E-state index is -0.298. The first kappa shape index (κ1) is 10.3. The third kappa shape index (κ3) is 3.19. The van der Waals surface area contributed by atoms with E-state index in [2.05, 4.69) is 11.9 Å². The van der Waals surface area contributed by atoms with E-state index in [4.69, 9.17) is 4.74 Å². The molecule has 0 aromatic carbocycles. The Bertz CT molecular complexity index is 183. The van der Waals surface area contributed by atoms with Gasteiger partial charge in [-0.05, 0) is 32.7 Å². The molecule has 0 aliphatic heterocycles. The van der Waals surface area contributed by atoms with Gasteiger partial charge in [0.1, 0.15) is 6.10 Å². The molecule has 0 bridgehead atoms. The topological polar surface area (TPSA) is 38.3 Å². The quantitative estimate of drug-likeness (QED) is 0.528. The maximum atomic E-state index is 10.9. The standard InChI is InChI=1S/C10H17NO2/c1-3-10(12)13-9-6-4-8(11-2)5-7-9/h3,8-9,11H,1,4-7H2,2H3. The van der Waals surface area contributed by atoms with Crippen LogP contribution in [0.1, 0.15) is 25.7 Å². The Morgan fingerprint density at radius 3 is 2.54 bits per heavy atom. The molecule has 1 aliphatic carbocycles. The van der Waals surface area contributed by atoms with Gasteiger partial charge in [0.2, 0.25) is 0 Å². The molecule has 0 unspecified atom stereocenters. The van der Waals surface area contributed by atoms with Crippen molar-refractivity contribution in [3.05, 3.63) is 12.7 Å². The van der Waals surface area contributed by atoms with Gasteiger partial charge in [-0.1, -0.05) is 6.58 Å². The van der Waals surface area contributed by atoms with Gasteiger partial charge in [0.05, 0.1) is 0 Å². The van der Waals surface area contributed by atoms with Crippen molar-refractivity contribution in [3.8, 4) is 0 Å². The van der Waals surface area contributed by atoms with E-state index < -0.39 is 0 Å². The number of rotatable bonds is 3. The van der Waals surface area contributed by atoms with E-state index in [-0.39, 0.29) is 12.1 Å². The van der Waals surface area contributed by atoms with Gasteiger partial charge in [0, 0.05) is 12.1 Å². The van der Waals surface area contributed by atoms with Gasteiger partial charge >= 0.3 is 5.97 Å². The molecule has 13 heavy (non-hydrogen) atoms. The van der Waals surface area contributed by atoms with Crippen LogP contribution in [0.25, 0.3) is 0 Å². The van der Waals surface area contributed by atoms with Crippen LogP contribution in [0.5, 0.6) is 0 Å². The zero-order chi connectivity index (χ0) is 9.68. The summed E-state index contributed by atoms with van der Waals surface area (Å²) in [5.74, 6) is -0.298. The van der Waals surface area contributed by atoms with Crippen LogP contribution in [0.3, 0.4) is 0 Å². The van der Waals surface area contributed by atoms with E-state index in [1.165, 1.54) is 6.08 Å². The van der Waals surface area contributed by atoms with E-state index in [0.29, 0.717) is 6.04 Å². The van der Waals surface area contributed by atoms with Crippen molar-refractivity contribution < 1.29 is 9.53 Å². The van der Waals surface area contributed by atoms with Crippen LogP contribution < -0.4 is 5.32 Å². The van der Waals surface area contributed by atoms with Crippen LogP contribution >= 0.6 is 0 Å². The predicted molar refractivity (Wildman–Crippen MR) is 51.4 cm³/mol. The van der Waals surface area contributed by atoms with Gasteiger partial charge in [0.25, 0.3) is 0 Å². The highest BCUT2D eigenvalue weighted by molar-refractivity contribution is 5.81. The monoisotopic (exact) mass is 183 g/mol. The van der Waals surface area contributed by atoms with E-state index in [1.54, 1.807) is 0 Å². The number of esters is 1. The van der Waals surface area contributed by atoms with Gasteiger partial charge in [-0.3, -0.25) is 0 Å². The first-order valence-corrected chi connectivity index (χ1v) is 4.76. The lowest BCUT2D eigenvalue weighted by Crippen LogP contribution is -2.33. The van der Waals surface area contributed by atoms with Crippen LogP contribution in [-0.2, 0) is 9.53 Å². The van der Waals surface area contributed by atoms with Crippen molar-refractivity contribution in [3.63, 3.8) is 0 Å². The molecule has 0 amide bonds. The summed E-state index contributed by atoms with van der Waals surface area (Å²) in [5.41, 5.74) is 0. The third-order valence-electron chi connectivity index (χ3n) is 2.53. The highest BCUT2D eigenvalue weighted by atomic mass is 16.5. The van der Waals surface area contributed by atoms with E-state index in [0.717, 1.165) is 25.7 Å². The maximum absolute atomic E-state index is 10.9. The Morgan fingerprint density at radius 2 is 2.08 bits per heavy atom. The second-order valence-electron chi connectivity index (χ2n) is 3.40. The molecule has 0 aromatic rings. The molecule has 0 saturated heterocycles. The minimum absolute atomic E-state index is 0.107. The van der Waals surface area contributed by atoms with E-state index in [9.17, 15) is 4.79 Å². The zero-order valence-electron chi connectivity index (χ0n) is 8.08. The van der Waals surface area contributed by atoms with Gasteiger partial charge in [-0.15, -0.1) is 0 Å². The average Bonchev–Trinajstić information content (AvgIpc) is 2.19. The molecule has 74 valence electrons. The number of carbonyl (C=O) groups is 1. The Labute approximate surface area is 79.2 Å². The van der Waals surface area contributed by atoms with Gasteiger partial charge in [-0.2, -0.15) is 0 Å². The van der Waals surface area contributed by atoms with Crippen LogP contribution in [-0.4, -0.2) is 25.2 Å². The zero-order valence-corrected chi connectivity index (χ0v) is 8.08. The molecule has 0 radical (unpaired) electrons. The summed E-state index contributed by atoms with van der Waals surface area (Å²) in [4.78, 5) is 10.9. The van der Waals surface area contributed by atoms with Crippen LogP contribution in [0.2, 0.25) is 0 Å². The lowest BCUT2D eigenvalue weighted by molar-refractivity contribution is -0.144. The fraction of sp³-hybridized carbons (Fsp3) is 0.700. The molecule has 0 atom stereocenters. The molecule has 1 aliphatic rings. The molecular formula is C10H17NO2. The Hall–Kier alpha value is -0.830. The smallest absolute Gasteiger partial charge is 0.330 e. The van der Waals surface area contributed by atoms with Gasteiger partial charge in [0.15, 0.2) is 0 Å². The summed E-state index contributed by atoms with van der Waals surface area (Å²) in [6.45, 7) is 3.37. The summed E-state index contributed by atoms with van der Waals surface area (Å²) in [6, 6.07) is 0.596. The van der Waals surface area contributed by atoms with Crippen molar-refractivity contribution in [1.82, 2.24) is 5.32 Å². The van der Waals surface area contributed by atoms with Crippen LogP contribution in [0.4, 0.5) is 0 Å². The minimum Gasteiger partial charge on any atom is -0.459 e. The maximum Gasteiger partial charge on any atom is 0.330 e. The number of hydrogen-bond donors (Lipinski definition) is 1. The van der Waals surface area contributed by atoms with Crippen molar-refractivity contribution in [2.75, 3.05) is 7.05 Å². The first-order valence-electron chi connectivity index (χ1n) is 4.76. The average molecular weight is 183 g/mol. The number of hydrogen-bond acceptors (Lipinski definition) is 3. The van der Waals surface area contributed by atoms with E-state index >= 15 is 0 Å². The molecule has 0 spiro atoms. The number of nitrogens with one attached hydrogen (secondary N) is 1. The van der Waals surface area contributed by atoms with Crippen LogP contribution in [0, 0.1) is 0 Å². The molecule has 3 heteroatoms. The third-order valence-corrected chi connectivity index (χ3v) is 2.53. The Balaban J connectivity index is 2.24. The van der Waals surface area contributed by atoms with Gasteiger partial charge < -0.3 is 10.1 Å². The second kappa shape index (κ2) is 5.02. The summed E-state index contributed by atoms with van der Waals surface area (Å²) in [7, 11) is 1.97. The fourth-order valence-electron chi connectivity index (χ4n) is 1.68. The molecule has 3 nitrogen and oxygen atoms in total. The number of carbonyl (C=O) groups excluding carboxylic acids is 1. The first-order chi connectivity index (χ1) is 6.26. The second-order valence-corrected chi connectivity index (χ2v) is 3.40. The molecular weight excluding hydrogens is 166 g/mol. The lowest BCUT2D eigenvalue weighted by atomic mass is 9.93. The highest BCUT2D eigenvalue weighted by Crippen LogP contribution is 2.20. The molecule has 0 aromatic heterocycles. The molecule has 1 fully saturated rings. The largest absolute Gasteiger partial charge is 0.459 e. The van der Waals surface area contributed by atoms with Crippen molar-refractivity contribution in [2.24, 2.45) is 0 Å². The molecule has 1 rings (SSSR count). The summed E-state index contributed by atoms with van der Waals surface area (Å²) >= 11 is 0.